The Morgan fingerprint density at radius 2 is 1.85 bits per heavy atom. The molecule has 3 aliphatic rings. The molecule has 7 nitrogen and oxygen atoms in total. The molecule has 1 aliphatic carbocycles. The van der Waals surface area contributed by atoms with Crippen LogP contribution >= 0.6 is 0 Å². The fourth-order valence-electron chi connectivity index (χ4n) is 5.34. The van der Waals surface area contributed by atoms with Gasteiger partial charge in [-0.15, -0.1) is 0 Å². The van der Waals surface area contributed by atoms with E-state index in [9.17, 15) is 14.4 Å². The van der Waals surface area contributed by atoms with Gasteiger partial charge in [-0.1, -0.05) is 35.9 Å². The number of hydrogen-bond acceptors (Lipinski definition) is 3. The Kier molecular flexibility index (Phi) is 6.02. The summed E-state index contributed by atoms with van der Waals surface area (Å²) >= 11 is 0. The molecule has 2 N–H and O–H groups in total. The van der Waals surface area contributed by atoms with Crippen LogP contribution in [0.3, 0.4) is 0 Å². The zero-order valence-corrected chi connectivity index (χ0v) is 19.7. The SMILES string of the molecule is Cc1ccc(CCC(=O)N2CCC3(CC2)CC3C(=O)Nc2cccc(N3CCNC3=O)c2)cc1. The molecule has 2 heterocycles. The molecule has 34 heavy (non-hydrogen) atoms. The first kappa shape index (κ1) is 22.4. The van der Waals surface area contributed by atoms with E-state index in [0.717, 1.165) is 44.5 Å². The number of amides is 4. The van der Waals surface area contributed by atoms with Crippen LogP contribution in [0.25, 0.3) is 0 Å². The number of urea groups is 1. The van der Waals surface area contributed by atoms with Crippen LogP contribution in [-0.2, 0) is 16.0 Å². The number of aryl methyl sites for hydroxylation is 2. The van der Waals surface area contributed by atoms with Gasteiger partial charge < -0.3 is 15.5 Å². The van der Waals surface area contributed by atoms with Crippen molar-refractivity contribution in [2.45, 2.75) is 39.0 Å². The van der Waals surface area contributed by atoms with Gasteiger partial charge in [-0.3, -0.25) is 14.5 Å². The topological polar surface area (TPSA) is 81.8 Å². The van der Waals surface area contributed by atoms with Crippen molar-refractivity contribution >= 4 is 29.2 Å². The molecule has 1 unspecified atom stereocenters. The van der Waals surface area contributed by atoms with Crippen molar-refractivity contribution in [2.75, 3.05) is 36.4 Å². The maximum Gasteiger partial charge on any atom is 0.321 e. The number of carbonyl (C=O) groups is 3. The molecule has 0 bridgehead atoms. The maximum atomic E-state index is 13.0. The Balaban J connectivity index is 1.11. The minimum atomic E-state index is -0.107. The van der Waals surface area contributed by atoms with Crippen LogP contribution in [-0.4, -0.2) is 48.9 Å². The van der Waals surface area contributed by atoms with E-state index in [1.807, 2.05) is 29.2 Å². The largest absolute Gasteiger partial charge is 0.343 e. The van der Waals surface area contributed by atoms with Gasteiger partial charge >= 0.3 is 6.03 Å². The lowest BCUT2D eigenvalue weighted by atomic mass is 9.90. The third-order valence-corrected chi connectivity index (χ3v) is 7.65. The van der Waals surface area contributed by atoms with E-state index >= 15 is 0 Å². The van der Waals surface area contributed by atoms with E-state index in [1.165, 1.54) is 11.1 Å². The van der Waals surface area contributed by atoms with Gasteiger partial charge in [0.25, 0.3) is 0 Å². The Morgan fingerprint density at radius 3 is 2.56 bits per heavy atom. The van der Waals surface area contributed by atoms with Gasteiger partial charge in [0.05, 0.1) is 0 Å². The van der Waals surface area contributed by atoms with E-state index in [-0.39, 0.29) is 29.2 Å². The van der Waals surface area contributed by atoms with E-state index in [2.05, 4.69) is 41.8 Å². The van der Waals surface area contributed by atoms with Gasteiger partial charge in [0.2, 0.25) is 11.8 Å². The summed E-state index contributed by atoms with van der Waals surface area (Å²) in [7, 11) is 0. The van der Waals surface area contributed by atoms with Crippen molar-refractivity contribution in [2.24, 2.45) is 11.3 Å². The highest BCUT2D eigenvalue weighted by Gasteiger charge is 2.58. The average Bonchev–Trinajstić information content (AvgIpc) is 3.37. The third kappa shape index (κ3) is 4.65. The number of hydrogen-bond donors (Lipinski definition) is 2. The fraction of sp³-hybridized carbons (Fsp3) is 0.444. The molecule has 0 aromatic heterocycles. The van der Waals surface area contributed by atoms with E-state index in [4.69, 9.17) is 0 Å². The van der Waals surface area contributed by atoms with Crippen LogP contribution in [0.4, 0.5) is 16.2 Å². The molecular formula is C27H32N4O3. The minimum absolute atomic E-state index is 0.00366. The summed E-state index contributed by atoms with van der Waals surface area (Å²) in [5, 5.41) is 5.85. The predicted octanol–water partition coefficient (Wildman–Crippen LogP) is 3.72. The first-order valence-corrected chi connectivity index (χ1v) is 12.2. The van der Waals surface area contributed by atoms with Gasteiger partial charge in [0, 0.05) is 49.9 Å². The molecule has 4 amide bonds. The van der Waals surface area contributed by atoms with Crippen molar-refractivity contribution in [1.29, 1.82) is 0 Å². The second-order valence-corrected chi connectivity index (χ2v) is 9.91. The maximum absolute atomic E-state index is 13.0. The summed E-state index contributed by atoms with van der Waals surface area (Å²) in [4.78, 5) is 41.2. The van der Waals surface area contributed by atoms with Crippen LogP contribution in [0.1, 0.15) is 36.8 Å². The molecule has 2 aromatic carbocycles. The van der Waals surface area contributed by atoms with E-state index in [1.54, 1.807) is 4.90 Å². The van der Waals surface area contributed by atoms with Crippen molar-refractivity contribution in [1.82, 2.24) is 10.2 Å². The summed E-state index contributed by atoms with van der Waals surface area (Å²) in [5.74, 6) is 0.248. The molecule has 1 saturated carbocycles. The lowest BCUT2D eigenvalue weighted by Gasteiger charge is -2.33. The molecule has 5 rings (SSSR count). The smallest absolute Gasteiger partial charge is 0.321 e. The van der Waals surface area contributed by atoms with Crippen LogP contribution < -0.4 is 15.5 Å². The number of nitrogens with zero attached hydrogens (tertiary/aromatic N) is 2. The zero-order chi connectivity index (χ0) is 23.7. The Morgan fingerprint density at radius 1 is 1.09 bits per heavy atom. The summed E-state index contributed by atoms with van der Waals surface area (Å²) in [6.45, 7) is 4.79. The number of likely N-dealkylation sites (tertiary alicyclic amines) is 1. The summed E-state index contributed by atoms with van der Waals surface area (Å²) in [6.07, 6.45) is 3.96. The lowest BCUT2D eigenvalue weighted by molar-refractivity contribution is -0.132. The second-order valence-electron chi connectivity index (χ2n) is 9.91. The van der Waals surface area contributed by atoms with Gasteiger partial charge in [0.1, 0.15) is 0 Å². The number of benzene rings is 2. The highest BCUT2D eigenvalue weighted by atomic mass is 16.2. The molecule has 7 heteroatoms. The normalized spacial score (nSPS) is 20.9. The highest BCUT2D eigenvalue weighted by molar-refractivity contribution is 5.97. The van der Waals surface area contributed by atoms with Gasteiger partial charge in [-0.25, -0.2) is 4.79 Å². The number of rotatable bonds is 6. The van der Waals surface area contributed by atoms with Crippen LogP contribution in [0.5, 0.6) is 0 Å². The molecule has 2 aliphatic heterocycles. The van der Waals surface area contributed by atoms with E-state index < -0.39 is 0 Å². The number of nitrogens with one attached hydrogen (secondary N) is 2. The van der Waals surface area contributed by atoms with Crippen LogP contribution in [0.15, 0.2) is 48.5 Å². The van der Waals surface area contributed by atoms with Gasteiger partial charge in [-0.05, 0) is 61.8 Å². The Labute approximate surface area is 200 Å². The quantitative estimate of drug-likeness (QED) is 0.689. The molecule has 2 saturated heterocycles. The Hall–Kier alpha value is -3.35. The first-order valence-electron chi connectivity index (χ1n) is 12.2. The minimum Gasteiger partial charge on any atom is -0.343 e. The van der Waals surface area contributed by atoms with Crippen molar-refractivity contribution < 1.29 is 14.4 Å². The standard InChI is InChI=1S/C27H32N4O3/c1-19-5-7-20(8-6-19)9-10-24(32)30-14-11-27(12-15-30)18-23(27)25(33)29-21-3-2-4-22(17-21)31-16-13-28-26(31)34/h2-8,17,23H,9-16,18H2,1H3,(H,28,34)(H,29,33). The summed E-state index contributed by atoms with van der Waals surface area (Å²) in [6, 6.07) is 15.7. The predicted molar refractivity (Wildman–Crippen MR) is 132 cm³/mol. The summed E-state index contributed by atoms with van der Waals surface area (Å²) in [5.41, 5.74) is 3.96. The molecule has 0 radical (unpaired) electrons. The molecule has 1 atom stereocenters. The lowest BCUT2D eigenvalue weighted by Crippen LogP contribution is -2.40. The highest BCUT2D eigenvalue weighted by Crippen LogP contribution is 2.59. The zero-order valence-electron chi connectivity index (χ0n) is 19.7. The first-order chi connectivity index (χ1) is 16.4. The average molecular weight is 461 g/mol. The van der Waals surface area contributed by atoms with E-state index in [0.29, 0.717) is 25.2 Å². The van der Waals surface area contributed by atoms with Gasteiger partial charge in [0.15, 0.2) is 0 Å². The monoisotopic (exact) mass is 460 g/mol. The molecule has 1 spiro atoms. The Bertz CT molecular complexity index is 1090. The van der Waals surface area contributed by atoms with Gasteiger partial charge in [-0.2, -0.15) is 0 Å². The van der Waals surface area contributed by atoms with Crippen molar-refractivity contribution in [3.63, 3.8) is 0 Å². The molecule has 3 fully saturated rings. The molecule has 2 aromatic rings. The van der Waals surface area contributed by atoms with Crippen molar-refractivity contribution in [3.8, 4) is 0 Å². The van der Waals surface area contributed by atoms with Crippen LogP contribution in [0, 0.1) is 18.3 Å². The third-order valence-electron chi connectivity index (χ3n) is 7.65. The van der Waals surface area contributed by atoms with Crippen molar-refractivity contribution in [3.05, 3.63) is 59.7 Å². The number of anilines is 2. The fourth-order valence-corrected chi connectivity index (χ4v) is 5.34. The second kappa shape index (κ2) is 9.12. The van der Waals surface area contributed by atoms with Crippen LogP contribution in [0.2, 0.25) is 0 Å². The molecular weight excluding hydrogens is 428 g/mol. The number of carbonyl (C=O) groups excluding carboxylic acids is 3. The molecule has 178 valence electrons. The summed E-state index contributed by atoms with van der Waals surface area (Å²) < 4.78 is 0. The number of piperidine rings is 1.